The van der Waals surface area contributed by atoms with Crippen molar-refractivity contribution in [2.45, 2.75) is 39.9 Å². The monoisotopic (exact) mass is 443 g/mol. The molecule has 0 spiro atoms. The van der Waals surface area contributed by atoms with E-state index in [1.807, 2.05) is 31.2 Å². The van der Waals surface area contributed by atoms with Gasteiger partial charge in [-0.25, -0.2) is 0 Å². The second-order valence-electron chi connectivity index (χ2n) is 7.52. The molecule has 3 aromatic carbocycles. The van der Waals surface area contributed by atoms with Gasteiger partial charge in [0.1, 0.15) is 11.5 Å². The van der Waals surface area contributed by atoms with E-state index in [1.165, 1.54) is 11.0 Å². The van der Waals surface area contributed by atoms with Crippen molar-refractivity contribution < 1.29 is 27.4 Å². The highest BCUT2D eigenvalue weighted by atomic mass is 19.4. The van der Waals surface area contributed by atoms with Crippen molar-refractivity contribution in [3.8, 4) is 11.5 Å². The number of ether oxygens (including phenoxy) is 2. The summed E-state index contributed by atoms with van der Waals surface area (Å²) >= 11 is 0. The van der Waals surface area contributed by atoms with Crippen LogP contribution in [0, 0.1) is 0 Å². The Morgan fingerprint density at radius 1 is 0.938 bits per heavy atom. The number of aryl methyl sites for hydroxylation is 1. The van der Waals surface area contributed by atoms with E-state index in [0.29, 0.717) is 47.6 Å². The molecule has 0 saturated carbocycles. The van der Waals surface area contributed by atoms with Gasteiger partial charge in [0.25, 0.3) is 5.91 Å². The maximum atomic E-state index is 13.9. The molecule has 0 fully saturated rings. The molecule has 0 aliphatic carbocycles. The second-order valence-corrected chi connectivity index (χ2v) is 7.52. The number of halogens is 3. The van der Waals surface area contributed by atoms with Crippen molar-refractivity contribution >= 4 is 22.4 Å². The molecule has 0 unspecified atom stereocenters. The summed E-state index contributed by atoms with van der Waals surface area (Å²) in [5.74, 6) is 0.369. The molecular formula is C25H24F3NO3. The molecule has 3 aromatic rings. The fourth-order valence-electron chi connectivity index (χ4n) is 4.23. The topological polar surface area (TPSA) is 38.8 Å². The van der Waals surface area contributed by atoms with Crippen molar-refractivity contribution in [2.24, 2.45) is 0 Å². The summed E-state index contributed by atoms with van der Waals surface area (Å²) in [7, 11) is 0. The second kappa shape index (κ2) is 8.37. The van der Waals surface area contributed by atoms with Crippen molar-refractivity contribution in [1.82, 2.24) is 0 Å². The molecule has 7 heteroatoms. The Bertz CT molecular complexity index is 1190. The lowest BCUT2D eigenvalue weighted by atomic mass is 9.99. The van der Waals surface area contributed by atoms with E-state index in [9.17, 15) is 18.0 Å². The summed E-state index contributed by atoms with van der Waals surface area (Å²) in [5.41, 5.74) is 0.387. The largest absolute Gasteiger partial charge is 0.493 e. The van der Waals surface area contributed by atoms with Crippen LogP contribution < -0.4 is 14.4 Å². The molecule has 1 heterocycles. The van der Waals surface area contributed by atoms with Crippen LogP contribution in [0.1, 0.15) is 47.8 Å². The molecule has 0 saturated heterocycles. The lowest BCUT2D eigenvalue weighted by molar-refractivity contribution is -0.137. The van der Waals surface area contributed by atoms with Crippen molar-refractivity contribution in [1.29, 1.82) is 0 Å². The summed E-state index contributed by atoms with van der Waals surface area (Å²) in [6, 6.07) is 11.5. The normalized spacial score (nSPS) is 13.6. The number of amides is 1. The summed E-state index contributed by atoms with van der Waals surface area (Å²) in [4.78, 5) is 14.7. The van der Waals surface area contributed by atoms with Crippen LogP contribution in [0.25, 0.3) is 10.8 Å². The smallest absolute Gasteiger partial charge is 0.418 e. The third kappa shape index (κ3) is 3.55. The van der Waals surface area contributed by atoms with Crippen LogP contribution >= 0.6 is 0 Å². The van der Waals surface area contributed by atoms with Crippen molar-refractivity contribution in [3.63, 3.8) is 0 Å². The quantitative estimate of drug-likeness (QED) is 0.444. The van der Waals surface area contributed by atoms with E-state index in [4.69, 9.17) is 9.47 Å². The highest BCUT2D eigenvalue weighted by molar-refractivity contribution is 6.17. The maximum Gasteiger partial charge on any atom is 0.418 e. The van der Waals surface area contributed by atoms with Gasteiger partial charge in [0.2, 0.25) is 0 Å². The first-order valence-corrected chi connectivity index (χ1v) is 10.7. The molecule has 1 aliphatic heterocycles. The fourth-order valence-corrected chi connectivity index (χ4v) is 4.23. The van der Waals surface area contributed by atoms with Gasteiger partial charge in [-0.05, 0) is 38.0 Å². The van der Waals surface area contributed by atoms with Crippen LogP contribution in [0.5, 0.6) is 11.5 Å². The number of hydrogen-bond donors (Lipinski definition) is 0. The number of anilines is 1. The molecule has 4 rings (SSSR count). The minimum Gasteiger partial charge on any atom is -0.493 e. The summed E-state index contributed by atoms with van der Waals surface area (Å²) < 4.78 is 53.5. The molecule has 4 nitrogen and oxygen atoms in total. The molecule has 0 aromatic heterocycles. The van der Waals surface area contributed by atoms with Crippen LogP contribution in [0.15, 0.2) is 42.5 Å². The molecule has 168 valence electrons. The number of carbonyl (C=O) groups is 1. The van der Waals surface area contributed by atoms with E-state index in [0.717, 1.165) is 11.5 Å². The first-order chi connectivity index (χ1) is 15.3. The van der Waals surface area contributed by atoms with E-state index in [1.54, 1.807) is 19.9 Å². The van der Waals surface area contributed by atoms with E-state index in [2.05, 4.69) is 0 Å². The number of nitrogens with zero attached hydrogens (tertiary/aromatic N) is 1. The third-order valence-corrected chi connectivity index (χ3v) is 5.64. The van der Waals surface area contributed by atoms with Gasteiger partial charge in [0.15, 0.2) is 0 Å². The summed E-state index contributed by atoms with van der Waals surface area (Å²) in [6.45, 7) is 6.08. The maximum absolute atomic E-state index is 13.9. The van der Waals surface area contributed by atoms with Crippen LogP contribution in [0.2, 0.25) is 0 Å². The van der Waals surface area contributed by atoms with Gasteiger partial charge in [0.05, 0.1) is 36.6 Å². The zero-order chi connectivity index (χ0) is 23.0. The van der Waals surface area contributed by atoms with Crippen LogP contribution in [0.3, 0.4) is 0 Å². The molecule has 1 amide bonds. The number of carbonyl (C=O) groups excluding carboxylic acids is 1. The Kier molecular flexibility index (Phi) is 5.75. The number of alkyl halides is 3. The van der Waals surface area contributed by atoms with E-state index >= 15 is 0 Å². The van der Waals surface area contributed by atoms with Gasteiger partial charge in [0, 0.05) is 16.3 Å². The Balaban J connectivity index is 1.96. The Morgan fingerprint density at radius 3 is 2.16 bits per heavy atom. The summed E-state index contributed by atoms with van der Waals surface area (Å²) in [5, 5.41) is 1.47. The number of fused-ring (bicyclic) bond motifs is 2. The predicted octanol–water partition coefficient (Wildman–Crippen LogP) is 6.38. The van der Waals surface area contributed by atoms with Crippen molar-refractivity contribution in [3.05, 3.63) is 64.7 Å². The highest BCUT2D eigenvalue weighted by Crippen LogP contribution is 2.48. The molecule has 0 atom stereocenters. The van der Waals surface area contributed by atoms with Crippen LogP contribution in [-0.2, 0) is 19.1 Å². The van der Waals surface area contributed by atoms with Gasteiger partial charge in [-0.2, -0.15) is 13.2 Å². The average Bonchev–Trinajstić information content (AvgIpc) is 3.12. The highest BCUT2D eigenvalue weighted by Gasteiger charge is 2.41. The van der Waals surface area contributed by atoms with E-state index in [-0.39, 0.29) is 17.8 Å². The van der Waals surface area contributed by atoms with Gasteiger partial charge in [-0.1, -0.05) is 37.3 Å². The van der Waals surface area contributed by atoms with E-state index < -0.39 is 17.6 Å². The van der Waals surface area contributed by atoms with Gasteiger partial charge in [-0.15, -0.1) is 0 Å². The molecular weight excluding hydrogens is 419 g/mol. The molecule has 32 heavy (non-hydrogen) atoms. The first kappa shape index (κ1) is 22.0. The van der Waals surface area contributed by atoms with Crippen LogP contribution in [0.4, 0.5) is 18.9 Å². The zero-order valence-corrected chi connectivity index (χ0v) is 18.2. The lowest BCUT2D eigenvalue weighted by Crippen LogP contribution is -2.26. The van der Waals surface area contributed by atoms with Crippen molar-refractivity contribution in [2.75, 3.05) is 18.1 Å². The zero-order valence-electron chi connectivity index (χ0n) is 18.2. The standard InChI is InChI=1S/C25H24F3NO3/c1-4-15-11-12-20(19(13-15)25(26,27)28)29-14-18-21(24(29)30)23(32-6-3)17-10-8-7-9-16(17)22(18)31-5-2/h7-13H,4-6,14H2,1-3H3. The molecule has 0 N–H and O–H groups in total. The molecule has 1 aliphatic rings. The van der Waals surface area contributed by atoms with Gasteiger partial charge in [-0.3, -0.25) is 4.79 Å². The SMILES string of the molecule is CCOc1c2c(c(OCC)c3ccccc13)C(=O)N(c1ccc(CC)cc1C(F)(F)F)C2. The lowest BCUT2D eigenvalue weighted by Gasteiger charge is -2.22. The fraction of sp³-hybridized carbons (Fsp3) is 0.320. The predicted molar refractivity (Wildman–Crippen MR) is 118 cm³/mol. The minimum atomic E-state index is -4.59. The number of benzene rings is 3. The average molecular weight is 443 g/mol. The Labute approximate surface area is 184 Å². The van der Waals surface area contributed by atoms with Gasteiger partial charge >= 0.3 is 6.18 Å². The van der Waals surface area contributed by atoms with Gasteiger partial charge < -0.3 is 14.4 Å². The number of hydrogen-bond acceptors (Lipinski definition) is 3. The minimum absolute atomic E-state index is 0.0248. The van der Waals surface area contributed by atoms with Crippen LogP contribution in [-0.4, -0.2) is 19.1 Å². The Morgan fingerprint density at radius 2 is 1.56 bits per heavy atom. The summed E-state index contributed by atoms with van der Waals surface area (Å²) in [6.07, 6.45) is -4.13. The Hall–Kier alpha value is -3.22. The molecule has 0 bridgehead atoms. The first-order valence-electron chi connectivity index (χ1n) is 10.7. The third-order valence-electron chi connectivity index (χ3n) is 5.64. The molecule has 0 radical (unpaired) electrons. The number of rotatable bonds is 6.